The lowest BCUT2D eigenvalue weighted by Crippen LogP contribution is -2.32. The van der Waals surface area contributed by atoms with Crippen LogP contribution in [-0.2, 0) is 9.59 Å². The molecule has 1 amide bonds. The molecule has 3 rings (SSSR count). The van der Waals surface area contributed by atoms with E-state index < -0.39 is 29.3 Å². The Morgan fingerprint density at radius 3 is 2.54 bits per heavy atom. The number of pyridine rings is 1. The first-order valence-electron chi connectivity index (χ1n) is 8.01. The second kappa shape index (κ2) is 7.05. The van der Waals surface area contributed by atoms with Crippen molar-refractivity contribution in [1.29, 1.82) is 0 Å². The van der Waals surface area contributed by atoms with Gasteiger partial charge in [0.25, 0.3) is 11.7 Å². The monoisotopic (exact) mass is 356 g/mol. The summed E-state index contributed by atoms with van der Waals surface area (Å²) in [5.41, 5.74) is 0.918. The summed E-state index contributed by atoms with van der Waals surface area (Å²) in [4.78, 5) is 30.0. The number of aliphatic hydroxyl groups is 2. The van der Waals surface area contributed by atoms with Gasteiger partial charge >= 0.3 is 0 Å². The molecule has 134 valence electrons. The van der Waals surface area contributed by atoms with Crippen LogP contribution in [-0.4, -0.2) is 44.9 Å². The molecule has 1 aromatic heterocycles. The minimum absolute atomic E-state index is 0.0728. The van der Waals surface area contributed by atoms with E-state index in [2.05, 4.69) is 4.98 Å². The van der Waals surface area contributed by atoms with Crippen molar-refractivity contribution in [3.63, 3.8) is 0 Å². The third kappa shape index (κ3) is 2.97. The highest BCUT2D eigenvalue weighted by Gasteiger charge is 2.45. The predicted octanol–water partition coefficient (Wildman–Crippen LogP) is 1.94. The molecule has 7 heteroatoms. The summed E-state index contributed by atoms with van der Waals surface area (Å²) in [6.45, 7) is 1.17. The minimum atomic E-state index is -0.880. The molecule has 6 nitrogen and oxygen atoms in total. The van der Waals surface area contributed by atoms with Crippen LogP contribution in [0, 0.1) is 12.7 Å². The van der Waals surface area contributed by atoms with Gasteiger partial charge in [-0.2, -0.15) is 0 Å². The average molecular weight is 356 g/mol. The number of nitrogens with zero attached hydrogens (tertiary/aromatic N) is 2. The van der Waals surface area contributed by atoms with E-state index in [-0.39, 0.29) is 24.3 Å². The highest BCUT2D eigenvalue weighted by Crippen LogP contribution is 2.39. The van der Waals surface area contributed by atoms with E-state index in [1.165, 1.54) is 29.4 Å². The van der Waals surface area contributed by atoms with Crippen LogP contribution < -0.4 is 0 Å². The number of aliphatic hydroxyl groups excluding tert-OH is 2. The molecule has 2 aromatic rings. The van der Waals surface area contributed by atoms with Crippen LogP contribution in [0.2, 0.25) is 0 Å². The van der Waals surface area contributed by atoms with Gasteiger partial charge in [0, 0.05) is 24.5 Å². The molecule has 1 saturated heterocycles. The minimum Gasteiger partial charge on any atom is -0.507 e. The number of hydrogen-bond acceptors (Lipinski definition) is 5. The van der Waals surface area contributed by atoms with Crippen molar-refractivity contribution in [3.05, 3.63) is 70.8 Å². The van der Waals surface area contributed by atoms with Crippen LogP contribution in [0.15, 0.2) is 48.3 Å². The maximum absolute atomic E-state index is 13.9. The molecule has 0 aliphatic carbocycles. The van der Waals surface area contributed by atoms with E-state index in [0.717, 1.165) is 6.07 Å². The van der Waals surface area contributed by atoms with E-state index in [0.29, 0.717) is 11.1 Å². The fourth-order valence-electron chi connectivity index (χ4n) is 3.01. The van der Waals surface area contributed by atoms with Crippen molar-refractivity contribution in [2.24, 2.45) is 0 Å². The van der Waals surface area contributed by atoms with Gasteiger partial charge in [-0.15, -0.1) is 0 Å². The first-order valence-corrected chi connectivity index (χ1v) is 8.01. The molecule has 0 radical (unpaired) electrons. The number of hydrogen-bond donors (Lipinski definition) is 2. The molecular weight excluding hydrogens is 339 g/mol. The molecular formula is C19H17FN2O4. The summed E-state index contributed by atoms with van der Waals surface area (Å²) in [6.07, 6.45) is 3.00. The van der Waals surface area contributed by atoms with Crippen LogP contribution in [0.1, 0.15) is 22.7 Å². The number of Topliss-reactive ketones (excluding diaryl/α,β-unsaturated/α-hetero) is 1. The van der Waals surface area contributed by atoms with Crippen LogP contribution in [0.3, 0.4) is 0 Å². The van der Waals surface area contributed by atoms with Gasteiger partial charge in [0.05, 0.1) is 18.2 Å². The van der Waals surface area contributed by atoms with E-state index >= 15 is 0 Å². The van der Waals surface area contributed by atoms with Gasteiger partial charge in [-0.25, -0.2) is 4.39 Å². The van der Waals surface area contributed by atoms with Crippen LogP contribution >= 0.6 is 0 Å². The van der Waals surface area contributed by atoms with Gasteiger partial charge in [-0.05, 0) is 36.2 Å². The number of benzene rings is 1. The Bertz CT molecular complexity index is 896. The number of carbonyl (C=O) groups is 2. The lowest BCUT2D eigenvalue weighted by atomic mass is 9.95. The van der Waals surface area contributed by atoms with Gasteiger partial charge in [0.2, 0.25) is 0 Å². The largest absolute Gasteiger partial charge is 0.507 e. The molecule has 1 aliphatic rings. The molecule has 1 aliphatic heterocycles. The van der Waals surface area contributed by atoms with Gasteiger partial charge in [-0.1, -0.05) is 12.1 Å². The SMILES string of the molecule is Cc1ccc(C(O)=C2C(=O)C(=O)N(CCO)[C@@H]2c2ccncc2)cc1F. The van der Waals surface area contributed by atoms with Gasteiger partial charge in [-0.3, -0.25) is 14.6 Å². The topological polar surface area (TPSA) is 90.7 Å². The molecule has 0 unspecified atom stereocenters. The third-order valence-corrected chi connectivity index (χ3v) is 4.35. The van der Waals surface area contributed by atoms with Crippen molar-refractivity contribution in [2.45, 2.75) is 13.0 Å². The normalized spacial score (nSPS) is 19.2. The summed E-state index contributed by atoms with van der Waals surface area (Å²) in [7, 11) is 0. The number of likely N-dealkylation sites (tertiary alicyclic amines) is 1. The fraction of sp³-hybridized carbons (Fsp3) is 0.211. The Hall–Kier alpha value is -3.06. The van der Waals surface area contributed by atoms with E-state index in [1.807, 2.05) is 0 Å². The standard InChI is InChI=1S/C19H17FN2O4/c1-11-2-3-13(10-14(11)20)17(24)15-16(12-4-6-21-7-5-12)22(8-9-23)19(26)18(15)25/h2-7,10,16,23-24H,8-9H2,1H3/t16-/m1/s1. The number of aryl methyl sites for hydroxylation is 1. The van der Waals surface area contributed by atoms with Crippen molar-refractivity contribution >= 4 is 17.4 Å². The Labute approximate surface area is 149 Å². The molecule has 0 saturated carbocycles. The number of aromatic nitrogens is 1. The Kier molecular flexibility index (Phi) is 4.81. The zero-order valence-corrected chi connectivity index (χ0v) is 14.0. The Morgan fingerprint density at radius 2 is 1.92 bits per heavy atom. The Morgan fingerprint density at radius 1 is 1.23 bits per heavy atom. The highest BCUT2D eigenvalue weighted by molar-refractivity contribution is 6.46. The zero-order valence-electron chi connectivity index (χ0n) is 14.0. The summed E-state index contributed by atoms with van der Waals surface area (Å²) in [5, 5.41) is 19.9. The lowest BCUT2D eigenvalue weighted by Gasteiger charge is -2.24. The van der Waals surface area contributed by atoms with Crippen molar-refractivity contribution in [3.8, 4) is 0 Å². The molecule has 1 fully saturated rings. The molecule has 2 N–H and O–H groups in total. The molecule has 26 heavy (non-hydrogen) atoms. The zero-order chi connectivity index (χ0) is 18.8. The molecule has 2 heterocycles. The van der Waals surface area contributed by atoms with Crippen LogP contribution in [0.4, 0.5) is 4.39 Å². The van der Waals surface area contributed by atoms with E-state index in [9.17, 15) is 24.2 Å². The molecule has 0 spiro atoms. The summed E-state index contributed by atoms with van der Waals surface area (Å²) < 4.78 is 13.9. The fourth-order valence-corrected chi connectivity index (χ4v) is 3.01. The number of rotatable bonds is 4. The van der Waals surface area contributed by atoms with Crippen molar-refractivity contribution in [1.82, 2.24) is 9.88 Å². The third-order valence-electron chi connectivity index (χ3n) is 4.35. The molecule has 1 aromatic carbocycles. The molecule has 0 bridgehead atoms. The summed E-state index contributed by atoms with van der Waals surface area (Å²) in [5.74, 6) is -2.68. The smallest absolute Gasteiger partial charge is 0.295 e. The van der Waals surface area contributed by atoms with Crippen LogP contribution in [0.5, 0.6) is 0 Å². The number of β-amino-alcohol motifs (C(OH)–C–C–N with tert-alkyl or cyclic N) is 1. The average Bonchev–Trinajstić information content (AvgIpc) is 2.89. The van der Waals surface area contributed by atoms with Gasteiger partial charge < -0.3 is 15.1 Å². The van der Waals surface area contributed by atoms with E-state index in [1.54, 1.807) is 19.1 Å². The second-order valence-corrected chi connectivity index (χ2v) is 5.96. The predicted molar refractivity (Wildman–Crippen MR) is 91.5 cm³/mol. The first kappa shape index (κ1) is 17.8. The number of halogens is 1. The van der Waals surface area contributed by atoms with Crippen molar-refractivity contribution < 1.29 is 24.2 Å². The second-order valence-electron chi connectivity index (χ2n) is 5.96. The number of ketones is 1. The summed E-state index contributed by atoms with van der Waals surface area (Å²) in [6, 6.07) is 6.43. The maximum Gasteiger partial charge on any atom is 0.295 e. The maximum atomic E-state index is 13.9. The lowest BCUT2D eigenvalue weighted by molar-refractivity contribution is -0.140. The highest BCUT2D eigenvalue weighted by atomic mass is 19.1. The van der Waals surface area contributed by atoms with Gasteiger partial charge in [0.1, 0.15) is 11.6 Å². The number of amides is 1. The molecule has 1 atom stereocenters. The quantitative estimate of drug-likeness (QED) is 0.496. The Balaban J connectivity index is 2.19. The summed E-state index contributed by atoms with van der Waals surface area (Å²) >= 11 is 0. The number of carbonyl (C=O) groups excluding carboxylic acids is 2. The van der Waals surface area contributed by atoms with Crippen LogP contribution in [0.25, 0.3) is 5.76 Å². The van der Waals surface area contributed by atoms with E-state index in [4.69, 9.17) is 0 Å². The van der Waals surface area contributed by atoms with Crippen molar-refractivity contribution in [2.75, 3.05) is 13.2 Å². The first-order chi connectivity index (χ1) is 12.5. The van der Waals surface area contributed by atoms with Gasteiger partial charge in [0.15, 0.2) is 0 Å².